The molecule has 1 aromatic heterocycles. The van der Waals surface area contributed by atoms with Gasteiger partial charge in [-0.2, -0.15) is 0 Å². The zero-order valence-electron chi connectivity index (χ0n) is 11.8. The van der Waals surface area contributed by atoms with Crippen molar-refractivity contribution in [3.63, 3.8) is 0 Å². The predicted molar refractivity (Wildman–Crippen MR) is 78.4 cm³/mol. The molecule has 2 rings (SSSR count). The van der Waals surface area contributed by atoms with E-state index in [1.54, 1.807) is 12.1 Å². The molecule has 6 heteroatoms. The highest BCUT2D eigenvalue weighted by Gasteiger charge is 2.10. The summed E-state index contributed by atoms with van der Waals surface area (Å²) < 4.78 is 18.3. The fraction of sp³-hybridized carbons (Fsp3) is 0.429. The summed E-state index contributed by atoms with van der Waals surface area (Å²) in [4.78, 5) is 0. The number of hydrogen-bond donors (Lipinski definition) is 1. The number of methoxy groups -OCH3 is 1. The number of nitrogens with one attached hydrogen (secondary N) is 1. The van der Waals surface area contributed by atoms with Gasteiger partial charge < -0.3 is 10.1 Å². The highest BCUT2D eigenvalue weighted by Crippen LogP contribution is 2.28. The molecule has 108 valence electrons. The van der Waals surface area contributed by atoms with Crippen molar-refractivity contribution in [3.05, 3.63) is 29.0 Å². The molecule has 1 N–H and O–H groups in total. The standard InChI is InChI=1S/C14H18FN3OS/c1-9(2)7-16-8-13-17-18-14(20-13)10-4-5-11(15)12(6-10)19-3/h4-6,9,16H,7-8H2,1-3H3. The highest BCUT2D eigenvalue weighted by atomic mass is 32.1. The third-order valence-corrected chi connectivity index (χ3v) is 3.67. The molecule has 0 unspecified atom stereocenters. The highest BCUT2D eigenvalue weighted by molar-refractivity contribution is 7.14. The van der Waals surface area contributed by atoms with Gasteiger partial charge in [-0.15, -0.1) is 10.2 Å². The first kappa shape index (κ1) is 14.9. The summed E-state index contributed by atoms with van der Waals surface area (Å²) in [5.74, 6) is 0.445. The van der Waals surface area contributed by atoms with Crippen LogP contribution in [0.1, 0.15) is 18.9 Å². The second-order valence-electron chi connectivity index (χ2n) is 4.88. The number of halogens is 1. The Labute approximate surface area is 122 Å². The summed E-state index contributed by atoms with van der Waals surface area (Å²) >= 11 is 1.50. The van der Waals surface area contributed by atoms with E-state index in [0.717, 1.165) is 22.1 Å². The van der Waals surface area contributed by atoms with Crippen molar-refractivity contribution in [1.29, 1.82) is 0 Å². The quantitative estimate of drug-likeness (QED) is 0.889. The Balaban J connectivity index is 2.08. The third-order valence-electron chi connectivity index (χ3n) is 2.69. The van der Waals surface area contributed by atoms with Crippen LogP contribution >= 0.6 is 11.3 Å². The first-order valence-corrected chi connectivity index (χ1v) is 7.28. The molecule has 4 nitrogen and oxygen atoms in total. The Morgan fingerprint density at radius 1 is 1.35 bits per heavy atom. The molecule has 0 bridgehead atoms. The van der Waals surface area contributed by atoms with Crippen LogP contribution in [0.15, 0.2) is 18.2 Å². The monoisotopic (exact) mass is 295 g/mol. The molecule has 0 aliphatic rings. The van der Waals surface area contributed by atoms with Crippen LogP contribution in [0.25, 0.3) is 10.6 Å². The maximum absolute atomic E-state index is 13.4. The molecule has 0 saturated heterocycles. The molecule has 1 heterocycles. The average Bonchev–Trinajstić information content (AvgIpc) is 2.87. The van der Waals surface area contributed by atoms with Gasteiger partial charge in [0.15, 0.2) is 11.6 Å². The Morgan fingerprint density at radius 3 is 2.85 bits per heavy atom. The number of benzene rings is 1. The maximum atomic E-state index is 13.4. The van der Waals surface area contributed by atoms with E-state index in [1.165, 1.54) is 24.5 Å². The first-order valence-electron chi connectivity index (χ1n) is 6.47. The van der Waals surface area contributed by atoms with Crippen molar-refractivity contribution >= 4 is 11.3 Å². The Morgan fingerprint density at radius 2 is 2.15 bits per heavy atom. The molecule has 20 heavy (non-hydrogen) atoms. The number of ether oxygens (including phenoxy) is 1. The molecule has 0 amide bonds. The minimum absolute atomic E-state index is 0.220. The number of hydrogen-bond acceptors (Lipinski definition) is 5. The molecule has 0 saturated carbocycles. The number of nitrogens with zero attached hydrogens (tertiary/aromatic N) is 2. The zero-order chi connectivity index (χ0) is 14.5. The number of rotatable bonds is 6. The summed E-state index contributed by atoms with van der Waals surface area (Å²) in [6.45, 7) is 5.96. The minimum atomic E-state index is -0.375. The molecule has 2 aromatic rings. The van der Waals surface area contributed by atoms with Crippen molar-refractivity contribution in [2.24, 2.45) is 5.92 Å². The van der Waals surface area contributed by atoms with E-state index in [0.29, 0.717) is 12.5 Å². The summed E-state index contributed by atoms with van der Waals surface area (Å²) in [5.41, 5.74) is 0.816. The van der Waals surface area contributed by atoms with Gasteiger partial charge in [0.25, 0.3) is 0 Å². The topological polar surface area (TPSA) is 47.0 Å². The van der Waals surface area contributed by atoms with E-state index < -0.39 is 0 Å². The molecule has 0 aliphatic heterocycles. The Bertz CT molecular complexity index is 571. The molecule has 0 spiro atoms. The zero-order valence-corrected chi connectivity index (χ0v) is 12.6. The normalized spacial score (nSPS) is 11.1. The SMILES string of the molecule is COc1cc(-c2nnc(CNCC(C)C)s2)ccc1F. The third kappa shape index (κ3) is 3.74. The van der Waals surface area contributed by atoms with Crippen LogP contribution in [0.4, 0.5) is 4.39 Å². The van der Waals surface area contributed by atoms with Crippen LogP contribution in [-0.2, 0) is 6.54 Å². The summed E-state index contributed by atoms with van der Waals surface area (Å²) in [6.07, 6.45) is 0. The van der Waals surface area contributed by atoms with E-state index in [2.05, 4.69) is 29.4 Å². The molecular weight excluding hydrogens is 277 g/mol. The van der Waals surface area contributed by atoms with Crippen molar-refractivity contribution in [2.75, 3.05) is 13.7 Å². The fourth-order valence-corrected chi connectivity index (χ4v) is 2.51. The molecular formula is C14H18FN3OS. The van der Waals surface area contributed by atoms with Crippen LogP contribution in [-0.4, -0.2) is 23.9 Å². The summed E-state index contributed by atoms with van der Waals surface area (Å²) in [5, 5.41) is 13.3. The molecule has 0 atom stereocenters. The van der Waals surface area contributed by atoms with Crippen LogP contribution in [0.2, 0.25) is 0 Å². The van der Waals surface area contributed by atoms with Gasteiger partial charge in [0.1, 0.15) is 10.0 Å². The Kier molecular flexibility index (Phi) is 5.03. The second-order valence-corrected chi connectivity index (χ2v) is 5.94. The minimum Gasteiger partial charge on any atom is -0.494 e. The van der Waals surface area contributed by atoms with Gasteiger partial charge in [-0.25, -0.2) is 4.39 Å². The van der Waals surface area contributed by atoms with Crippen LogP contribution < -0.4 is 10.1 Å². The van der Waals surface area contributed by atoms with Gasteiger partial charge in [-0.05, 0) is 30.7 Å². The van der Waals surface area contributed by atoms with Crippen LogP contribution in [0.5, 0.6) is 5.75 Å². The summed E-state index contributed by atoms with van der Waals surface area (Å²) in [7, 11) is 1.45. The lowest BCUT2D eigenvalue weighted by Gasteiger charge is -2.04. The van der Waals surface area contributed by atoms with Gasteiger partial charge in [0.2, 0.25) is 0 Å². The molecule has 0 fully saturated rings. The van der Waals surface area contributed by atoms with Crippen LogP contribution in [0, 0.1) is 11.7 Å². The van der Waals surface area contributed by atoms with Crippen molar-refractivity contribution < 1.29 is 9.13 Å². The van der Waals surface area contributed by atoms with E-state index in [4.69, 9.17) is 4.74 Å². The lowest BCUT2D eigenvalue weighted by atomic mass is 10.2. The van der Waals surface area contributed by atoms with E-state index in [-0.39, 0.29) is 11.6 Å². The molecule has 0 radical (unpaired) electrons. The van der Waals surface area contributed by atoms with Gasteiger partial charge in [0, 0.05) is 12.1 Å². The fourth-order valence-electron chi connectivity index (χ4n) is 1.70. The largest absolute Gasteiger partial charge is 0.494 e. The molecule has 0 aliphatic carbocycles. The van der Waals surface area contributed by atoms with E-state index in [9.17, 15) is 4.39 Å². The lowest BCUT2D eigenvalue weighted by Crippen LogP contribution is -2.18. The van der Waals surface area contributed by atoms with Crippen molar-refractivity contribution in [1.82, 2.24) is 15.5 Å². The first-order chi connectivity index (χ1) is 9.60. The number of aromatic nitrogens is 2. The smallest absolute Gasteiger partial charge is 0.165 e. The second kappa shape index (κ2) is 6.76. The van der Waals surface area contributed by atoms with E-state index in [1.807, 2.05) is 0 Å². The van der Waals surface area contributed by atoms with Crippen molar-refractivity contribution in [2.45, 2.75) is 20.4 Å². The van der Waals surface area contributed by atoms with Gasteiger partial charge in [0.05, 0.1) is 7.11 Å². The summed E-state index contributed by atoms with van der Waals surface area (Å²) in [6, 6.07) is 4.71. The van der Waals surface area contributed by atoms with Crippen molar-refractivity contribution in [3.8, 4) is 16.3 Å². The predicted octanol–water partition coefficient (Wildman–Crippen LogP) is 3.10. The Hall–Kier alpha value is -1.53. The van der Waals surface area contributed by atoms with E-state index >= 15 is 0 Å². The lowest BCUT2D eigenvalue weighted by molar-refractivity contribution is 0.387. The van der Waals surface area contributed by atoms with Gasteiger partial charge >= 0.3 is 0 Å². The van der Waals surface area contributed by atoms with Crippen LogP contribution in [0.3, 0.4) is 0 Å². The average molecular weight is 295 g/mol. The molecule has 1 aromatic carbocycles. The van der Waals surface area contributed by atoms with Gasteiger partial charge in [-0.3, -0.25) is 0 Å². The maximum Gasteiger partial charge on any atom is 0.165 e. The van der Waals surface area contributed by atoms with Gasteiger partial charge in [-0.1, -0.05) is 25.2 Å².